The van der Waals surface area contributed by atoms with Gasteiger partial charge in [-0.15, -0.1) is 0 Å². The van der Waals surface area contributed by atoms with Gasteiger partial charge >= 0.3 is 0 Å². The van der Waals surface area contributed by atoms with Crippen LogP contribution in [-0.4, -0.2) is 39.6 Å². The molecule has 0 aromatic heterocycles. The number of likely N-dealkylation sites (tertiary alicyclic amines) is 1. The zero-order valence-corrected chi connectivity index (χ0v) is 11.5. The Morgan fingerprint density at radius 1 is 1.21 bits per heavy atom. The summed E-state index contributed by atoms with van der Waals surface area (Å²) in [4.78, 5) is 2.72. The minimum atomic E-state index is -3.24. The van der Waals surface area contributed by atoms with E-state index in [-0.39, 0.29) is 0 Å². The summed E-state index contributed by atoms with van der Waals surface area (Å²) in [6.45, 7) is 3.79. The first-order valence-electron chi connectivity index (χ1n) is 6.58. The molecule has 0 spiro atoms. The Bertz CT molecular complexity index is 601. The molecule has 4 nitrogen and oxygen atoms in total. The van der Waals surface area contributed by atoms with E-state index in [1.54, 1.807) is 18.2 Å². The molecular weight excluding hydrogens is 262 g/mol. The number of nitrogens with zero attached hydrogens (tertiary/aromatic N) is 1. The molecule has 0 radical (unpaired) electrons. The lowest BCUT2D eigenvalue weighted by Gasteiger charge is -2.15. The van der Waals surface area contributed by atoms with Crippen LogP contribution < -0.4 is 4.74 Å². The Balaban J connectivity index is 1.69. The molecule has 2 heterocycles. The average Bonchev–Trinajstić information content (AvgIpc) is 2.99. The normalized spacial score (nSPS) is 20.6. The molecule has 2 aliphatic heterocycles. The van der Waals surface area contributed by atoms with E-state index in [0.29, 0.717) is 22.8 Å². The van der Waals surface area contributed by atoms with E-state index in [4.69, 9.17) is 4.74 Å². The third-order valence-corrected chi connectivity index (χ3v) is 5.07. The second-order valence-electron chi connectivity index (χ2n) is 4.91. The van der Waals surface area contributed by atoms with E-state index in [9.17, 15) is 8.42 Å². The fourth-order valence-corrected chi connectivity index (χ4v) is 3.79. The molecule has 1 fully saturated rings. The highest BCUT2D eigenvalue weighted by Crippen LogP contribution is 2.33. The maximum atomic E-state index is 11.7. The van der Waals surface area contributed by atoms with Gasteiger partial charge in [0.05, 0.1) is 4.90 Å². The van der Waals surface area contributed by atoms with Crippen molar-refractivity contribution in [1.82, 2.24) is 4.90 Å². The Morgan fingerprint density at radius 2 is 2.00 bits per heavy atom. The highest BCUT2D eigenvalue weighted by Gasteiger charge is 2.23. The van der Waals surface area contributed by atoms with Gasteiger partial charge in [0.2, 0.25) is 9.84 Å². The van der Waals surface area contributed by atoms with Crippen molar-refractivity contribution in [2.24, 2.45) is 0 Å². The predicted molar refractivity (Wildman–Crippen MR) is 73.8 cm³/mol. The third-order valence-electron chi connectivity index (χ3n) is 3.61. The molecule has 1 aromatic rings. The number of sulfone groups is 1. The first-order chi connectivity index (χ1) is 9.17. The van der Waals surface area contributed by atoms with Crippen molar-refractivity contribution in [1.29, 1.82) is 0 Å². The van der Waals surface area contributed by atoms with Gasteiger partial charge in [-0.05, 0) is 44.1 Å². The Hall–Kier alpha value is -1.33. The molecule has 5 heteroatoms. The standard InChI is InChI=1S/C14H17NO3S/c16-19(17)11-6-12-13(4-3-5-14(12)19)18-10-9-15-7-1-2-8-15/h3-6,11H,1-2,7-10H2. The minimum absolute atomic E-state index is 0.353. The molecule has 0 amide bonds. The zero-order chi connectivity index (χ0) is 13.3. The summed E-state index contributed by atoms with van der Waals surface area (Å²) in [7, 11) is -3.24. The van der Waals surface area contributed by atoms with Crippen molar-refractivity contribution in [2.45, 2.75) is 17.7 Å². The van der Waals surface area contributed by atoms with Crippen molar-refractivity contribution < 1.29 is 13.2 Å². The first-order valence-corrected chi connectivity index (χ1v) is 8.13. The summed E-state index contributed by atoms with van der Waals surface area (Å²) < 4.78 is 29.2. The summed E-state index contributed by atoms with van der Waals surface area (Å²) in [5, 5.41) is 1.24. The van der Waals surface area contributed by atoms with E-state index >= 15 is 0 Å². The molecule has 102 valence electrons. The molecular formula is C14H17NO3S. The van der Waals surface area contributed by atoms with Crippen LogP contribution in [0.5, 0.6) is 5.75 Å². The number of benzene rings is 1. The van der Waals surface area contributed by atoms with E-state index in [1.165, 1.54) is 18.2 Å². The summed E-state index contributed by atoms with van der Waals surface area (Å²) in [5.41, 5.74) is 0.684. The van der Waals surface area contributed by atoms with Gasteiger partial charge in [0, 0.05) is 17.5 Å². The Kier molecular flexibility index (Phi) is 3.33. The summed E-state index contributed by atoms with van der Waals surface area (Å²) in [5.74, 6) is 0.661. The van der Waals surface area contributed by atoms with Crippen LogP contribution in [0.2, 0.25) is 0 Å². The zero-order valence-electron chi connectivity index (χ0n) is 10.7. The summed E-state index contributed by atoms with van der Waals surface area (Å²) >= 11 is 0. The van der Waals surface area contributed by atoms with Crippen molar-refractivity contribution >= 4 is 15.9 Å². The summed E-state index contributed by atoms with van der Waals surface area (Å²) in [6, 6.07) is 5.18. The highest BCUT2D eigenvalue weighted by molar-refractivity contribution is 7.94. The maximum Gasteiger partial charge on any atom is 0.200 e. The SMILES string of the molecule is O=S1(=O)C=Cc2c(OCCN3CCCC3)cccc21. The molecule has 2 aliphatic rings. The molecule has 19 heavy (non-hydrogen) atoms. The Labute approximate surface area is 113 Å². The number of hydrogen-bond acceptors (Lipinski definition) is 4. The number of hydrogen-bond donors (Lipinski definition) is 0. The number of ether oxygens (including phenoxy) is 1. The van der Waals surface area contributed by atoms with E-state index in [1.807, 2.05) is 6.07 Å². The molecule has 0 N–H and O–H groups in total. The largest absolute Gasteiger partial charge is 0.492 e. The fraction of sp³-hybridized carbons (Fsp3) is 0.429. The highest BCUT2D eigenvalue weighted by atomic mass is 32.2. The van der Waals surface area contributed by atoms with Gasteiger partial charge in [-0.2, -0.15) is 0 Å². The Morgan fingerprint density at radius 3 is 2.79 bits per heavy atom. The molecule has 1 saturated heterocycles. The van der Waals surface area contributed by atoms with Gasteiger partial charge in [-0.1, -0.05) is 6.07 Å². The number of fused-ring (bicyclic) bond motifs is 1. The van der Waals surface area contributed by atoms with Gasteiger partial charge in [0.15, 0.2) is 0 Å². The predicted octanol–water partition coefficient (Wildman–Crippen LogP) is 1.92. The van der Waals surface area contributed by atoms with Crippen molar-refractivity contribution in [2.75, 3.05) is 26.2 Å². The maximum absolute atomic E-state index is 11.7. The van der Waals surface area contributed by atoms with Crippen LogP contribution in [0.4, 0.5) is 0 Å². The van der Waals surface area contributed by atoms with Gasteiger partial charge in [0.25, 0.3) is 0 Å². The van der Waals surface area contributed by atoms with Crippen LogP contribution >= 0.6 is 0 Å². The molecule has 0 atom stereocenters. The van der Waals surface area contributed by atoms with Gasteiger partial charge < -0.3 is 4.74 Å². The van der Waals surface area contributed by atoms with Crippen LogP contribution in [0.1, 0.15) is 18.4 Å². The van der Waals surface area contributed by atoms with E-state index in [2.05, 4.69) is 4.90 Å². The fourth-order valence-electron chi connectivity index (χ4n) is 2.58. The minimum Gasteiger partial charge on any atom is -0.492 e. The monoisotopic (exact) mass is 279 g/mol. The van der Waals surface area contributed by atoms with Crippen LogP contribution in [0.15, 0.2) is 28.5 Å². The van der Waals surface area contributed by atoms with Crippen molar-refractivity contribution in [3.63, 3.8) is 0 Å². The molecule has 3 rings (SSSR count). The van der Waals surface area contributed by atoms with Crippen molar-refractivity contribution in [3.05, 3.63) is 29.2 Å². The van der Waals surface area contributed by atoms with E-state index < -0.39 is 9.84 Å². The summed E-state index contributed by atoms with van der Waals surface area (Å²) in [6.07, 6.45) is 4.15. The second-order valence-corrected chi connectivity index (χ2v) is 6.71. The van der Waals surface area contributed by atoms with Crippen LogP contribution in [0.3, 0.4) is 0 Å². The topological polar surface area (TPSA) is 46.6 Å². The molecule has 1 aromatic carbocycles. The average molecular weight is 279 g/mol. The molecule has 0 bridgehead atoms. The molecule has 0 aliphatic carbocycles. The lowest BCUT2D eigenvalue weighted by molar-refractivity contribution is 0.237. The van der Waals surface area contributed by atoms with Crippen LogP contribution in [0, 0.1) is 0 Å². The van der Waals surface area contributed by atoms with Gasteiger partial charge in [0.1, 0.15) is 12.4 Å². The van der Waals surface area contributed by atoms with Crippen molar-refractivity contribution in [3.8, 4) is 5.75 Å². The van der Waals surface area contributed by atoms with Crippen LogP contribution in [-0.2, 0) is 9.84 Å². The van der Waals surface area contributed by atoms with Gasteiger partial charge in [-0.3, -0.25) is 4.90 Å². The second kappa shape index (κ2) is 4.98. The molecule has 0 saturated carbocycles. The molecule has 0 unspecified atom stereocenters. The van der Waals surface area contributed by atoms with Crippen LogP contribution in [0.25, 0.3) is 6.08 Å². The number of rotatable bonds is 4. The third kappa shape index (κ3) is 2.53. The first kappa shape index (κ1) is 12.7. The van der Waals surface area contributed by atoms with Gasteiger partial charge in [-0.25, -0.2) is 8.42 Å². The lowest BCUT2D eigenvalue weighted by atomic mass is 10.2. The lowest BCUT2D eigenvalue weighted by Crippen LogP contribution is -2.25. The smallest absolute Gasteiger partial charge is 0.200 e. The quantitative estimate of drug-likeness (QED) is 0.845. The van der Waals surface area contributed by atoms with E-state index in [0.717, 1.165) is 19.6 Å².